The first-order valence-corrected chi connectivity index (χ1v) is 7.93. The molecule has 2 heterocycles. The molecule has 2 aliphatic rings. The Morgan fingerprint density at radius 3 is 1.71 bits per heavy atom. The van der Waals surface area contributed by atoms with Crippen LogP contribution in [0.5, 0.6) is 0 Å². The van der Waals surface area contributed by atoms with Gasteiger partial charge < -0.3 is 30.7 Å². The van der Waals surface area contributed by atoms with E-state index < -0.39 is 12.2 Å². The summed E-state index contributed by atoms with van der Waals surface area (Å²) >= 11 is 0. The standard InChI is InChI=1S/C16H22N4O4/c21-15(13-11-17-7-9-23-13)19-5-3-1-2-4-6-20-16(22)14-12-18-8-10-24-14/h13-14,17-18H,5-12H2,(H,19,21)(H,20,22)/t13-,14-/m0/s1. The van der Waals surface area contributed by atoms with Gasteiger partial charge in [0.15, 0.2) is 0 Å². The van der Waals surface area contributed by atoms with E-state index in [4.69, 9.17) is 9.47 Å². The highest BCUT2D eigenvalue weighted by atomic mass is 16.5. The molecule has 2 fully saturated rings. The number of carbonyl (C=O) groups excluding carboxylic acids is 2. The molecule has 8 heteroatoms. The molecule has 8 nitrogen and oxygen atoms in total. The van der Waals surface area contributed by atoms with Crippen molar-refractivity contribution in [2.24, 2.45) is 0 Å². The minimum absolute atomic E-state index is 0.183. The zero-order chi connectivity index (χ0) is 17.0. The molecule has 130 valence electrons. The number of hydrogen-bond donors (Lipinski definition) is 4. The van der Waals surface area contributed by atoms with Crippen LogP contribution in [0, 0.1) is 23.7 Å². The Labute approximate surface area is 141 Å². The SMILES string of the molecule is O=C(NCC#CC#CCNC(=O)[C@@H]1CNCCO1)[C@@H]1CNCCO1. The van der Waals surface area contributed by atoms with Crippen molar-refractivity contribution in [3.05, 3.63) is 0 Å². The minimum Gasteiger partial charge on any atom is -0.366 e. The number of carbonyl (C=O) groups is 2. The molecule has 0 aliphatic carbocycles. The van der Waals surface area contributed by atoms with Gasteiger partial charge in [-0.3, -0.25) is 9.59 Å². The Morgan fingerprint density at radius 2 is 1.33 bits per heavy atom. The molecule has 0 aromatic heterocycles. The average Bonchev–Trinajstić information content (AvgIpc) is 2.65. The highest BCUT2D eigenvalue weighted by Crippen LogP contribution is 1.95. The van der Waals surface area contributed by atoms with Crippen molar-refractivity contribution in [3.63, 3.8) is 0 Å². The van der Waals surface area contributed by atoms with E-state index in [1.807, 2.05) is 0 Å². The second-order valence-electron chi connectivity index (χ2n) is 5.17. The molecule has 0 radical (unpaired) electrons. The fourth-order valence-electron chi connectivity index (χ4n) is 2.13. The maximum Gasteiger partial charge on any atom is 0.251 e. The number of morpholine rings is 2. The van der Waals surface area contributed by atoms with E-state index in [0.29, 0.717) is 26.3 Å². The molecule has 24 heavy (non-hydrogen) atoms. The van der Waals surface area contributed by atoms with Crippen LogP contribution in [0.15, 0.2) is 0 Å². The third kappa shape index (κ3) is 6.57. The van der Waals surface area contributed by atoms with Gasteiger partial charge in [-0.25, -0.2) is 0 Å². The maximum atomic E-state index is 11.7. The van der Waals surface area contributed by atoms with E-state index in [9.17, 15) is 9.59 Å². The summed E-state index contributed by atoms with van der Waals surface area (Å²) in [5, 5.41) is 11.5. The molecule has 2 aliphatic heterocycles. The van der Waals surface area contributed by atoms with Gasteiger partial charge in [0.05, 0.1) is 26.3 Å². The lowest BCUT2D eigenvalue weighted by atomic mass is 10.3. The lowest BCUT2D eigenvalue weighted by molar-refractivity contribution is -0.134. The van der Waals surface area contributed by atoms with Crippen LogP contribution in [0.4, 0.5) is 0 Å². The second kappa shape index (κ2) is 10.6. The van der Waals surface area contributed by atoms with Crippen molar-refractivity contribution in [3.8, 4) is 23.7 Å². The quantitative estimate of drug-likeness (QED) is 0.415. The number of nitrogens with one attached hydrogen (secondary N) is 4. The summed E-state index contributed by atoms with van der Waals surface area (Å²) in [6, 6.07) is 0. The van der Waals surface area contributed by atoms with Crippen molar-refractivity contribution in [2.45, 2.75) is 12.2 Å². The molecular formula is C16H22N4O4. The van der Waals surface area contributed by atoms with E-state index in [-0.39, 0.29) is 24.9 Å². The van der Waals surface area contributed by atoms with Crippen LogP contribution in [0.3, 0.4) is 0 Å². The summed E-state index contributed by atoms with van der Waals surface area (Å²) in [5.74, 6) is 10.3. The fraction of sp³-hybridized carbons (Fsp3) is 0.625. The summed E-state index contributed by atoms with van der Waals surface area (Å²) in [4.78, 5) is 23.4. The average molecular weight is 334 g/mol. The van der Waals surface area contributed by atoms with Gasteiger partial charge in [0.25, 0.3) is 11.8 Å². The van der Waals surface area contributed by atoms with Crippen LogP contribution < -0.4 is 21.3 Å². The van der Waals surface area contributed by atoms with Gasteiger partial charge >= 0.3 is 0 Å². The molecule has 4 N–H and O–H groups in total. The predicted octanol–water partition coefficient (Wildman–Crippen LogP) is -2.80. The normalized spacial score (nSPS) is 23.0. The van der Waals surface area contributed by atoms with Crippen molar-refractivity contribution >= 4 is 11.8 Å². The molecule has 2 amide bonds. The largest absolute Gasteiger partial charge is 0.366 e. The summed E-state index contributed by atoms with van der Waals surface area (Å²) in [7, 11) is 0. The number of hydrogen-bond acceptors (Lipinski definition) is 6. The summed E-state index contributed by atoms with van der Waals surface area (Å²) in [6.45, 7) is 4.03. The molecule has 0 unspecified atom stereocenters. The lowest BCUT2D eigenvalue weighted by Crippen LogP contribution is -2.47. The summed E-state index contributed by atoms with van der Waals surface area (Å²) < 4.78 is 10.6. The highest BCUT2D eigenvalue weighted by molar-refractivity contribution is 5.81. The molecular weight excluding hydrogens is 312 g/mol. The van der Waals surface area contributed by atoms with E-state index >= 15 is 0 Å². The van der Waals surface area contributed by atoms with E-state index in [1.54, 1.807) is 0 Å². The van der Waals surface area contributed by atoms with Crippen LogP contribution in [-0.4, -0.2) is 76.5 Å². The molecule has 2 rings (SSSR count). The van der Waals surface area contributed by atoms with Crippen LogP contribution in [0.1, 0.15) is 0 Å². The van der Waals surface area contributed by atoms with Gasteiger partial charge in [0.2, 0.25) is 0 Å². The monoisotopic (exact) mass is 334 g/mol. The zero-order valence-corrected chi connectivity index (χ0v) is 13.4. The smallest absolute Gasteiger partial charge is 0.251 e. The van der Waals surface area contributed by atoms with E-state index in [2.05, 4.69) is 44.9 Å². The van der Waals surface area contributed by atoms with Gasteiger partial charge in [0.1, 0.15) is 12.2 Å². The van der Waals surface area contributed by atoms with Gasteiger partial charge in [-0.2, -0.15) is 0 Å². The molecule has 0 saturated carbocycles. The molecule has 0 bridgehead atoms. The summed E-state index contributed by atoms with van der Waals surface area (Å²) in [6.07, 6.45) is -0.920. The first-order valence-electron chi connectivity index (χ1n) is 7.93. The van der Waals surface area contributed by atoms with Crippen LogP contribution in [-0.2, 0) is 19.1 Å². The molecule has 0 aromatic carbocycles. The zero-order valence-electron chi connectivity index (χ0n) is 13.4. The van der Waals surface area contributed by atoms with Crippen molar-refractivity contribution in [1.29, 1.82) is 0 Å². The van der Waals surface area contributed by atoms with Gasteiger partial charge in [-0.05, 0) is 11.8 Å². The number of amides is 2. The second-order valence-corrected chi connectivity index (χ2v) is 5.17. The van der Waals surface area contributed by atoms with Crippen molar-refractivity contribution in [1.82, 2.24) is 21.3 Å². The Hall–Kier alpha value is -2.10. The van der Waals surface area contributed by atoms with E-state index in [1.165, 1.54) is 0 Å². The topological polar surface area (TPSA) is 101 Å². The Bertz CT molecular complexity index is 496. The summed E-state index contributed by atoms with van der Waals surface area (Å²) in [5.41, 5.74) is 0. The van der Waals surface area contributed by atoms with Crippen molar-refractivity contribution < 1.29 is 19.1 Å². The van der Waals surface area contributed by atoms with Gasteiger partial charge in [-0.15, -0.1) is 0 Å². The third-order valence-corrected chi connectivity index (χ3v) is 3.38. The first kappa shape index (κ1) is 18.2. The maximum absolute atomic E-state index is 11.7. The Kier molecular flexibility index (Phi) is 8.08. The number of ether oxygens (including phenoxy) is 2. The molecule has 2 saturated heterocycles. The molecule has 0 spiro atoms. The fourth-order valence-corrected chi connectivity index (χ4v) is 2.13. The van der Waals surface area contributed by atoms with Crippen LogP contribution in [0.25, 0.3) is 0 Å². The highest BCUT2D eigenvalue weighted by Gasteiger charge is 2.21. The van der Waals surface area contributed by atoms with Gasteiger partial charge in [-0.1, -0.05) is 11.8 Å². The van der Waals surface area contributed by atoms with Gasteiger partial charge in [0, 0.05) is 26.2 Å². The van der Waals surface area contributed by atoms with Crippen LogP contribution >= 0.6 is 0 Å². The molecule has 0 aromatic rings. The predicted molar refractivity (Wildman–Crippen MR) is 86.8 cm³/mol. The Morgan fingerprint density at radius 1 is 0.875 bits per heavy atom. The first-order chi connectivity index (χ1) is 11.8. The van der Waals surface area contributed by atoms with Crippen LogP contribution in [0.2, 0.25) is 0 Å². The molecule has 2 atom stereocenters. The van der Waals surface area contributed by atoms with E-state index in [0.717, 1.165) is 13.1 Å². The third-order valence-electron chi connectivity index (χ3n) is 3.38. The van der Waals surface area contributed by atoms with Crippen molar-refractivity contribution in [2.75, 3.05) is 52.5 Å². The lowest BCUT2D eigenvalue weighted by Gasteiger charge is -2.22. The minimum atomic E-state index is -0.460. The number of rotatable bonds is 4. The Balaban J connectivity index is 1.57.